The Morgan fingerprint density at radius 2 is 2.12 bits per heavy atom. The first-order chi connectivity index (χ1) is 7.95. The first-order valence-electron chi connectivity index (χ1n) is 5.24. The number of ether oxygens (including phenoxy) is 1. The van der Waals surface area contributed by atoms with Crippen molar-refractivity contribution in [3.63, 3.8) is 0 Å². The number of benzene rings is 1. The summed E-state index contributed by atoms with van der Waals surface area (Å²) >= 11 is 0. The van der Waals surface area contributed by atoms with Crippen LogP contribution in [0.2, 0.25) is 0 Å². The fraction of sp³-hybridized carbons (Fsp3) is 0.417. The lowest BCUT2D eigenvalue weighted by atomic mass is 10.0. The quantitative estimate of drug-likeness (QED) is 0.687. The summed E-state index contributed by atoms with van der Waals surface area (Å²) in [5.41, 5.74) is 6.37. The molecule has 0 bridgehead atoms. The van der Waals surface area contributed by atoms with Crippen molar-refractivity contribution >= 4 is 5.91 Å². The molecule has 0 aromatic heterocycles. The van der Waals surface area contributed by atoms with E-state index in [1.165, 1.54) is 7.11 Å². The molecule has 0 saturated heterocycles. The Labute approximate surface area is 99.8 Å². The van der Waals surface area contributed by atoms with Crippen molar-refractivity contribution in [3.05, 3.63) is 29.3 Å². The Kier molecular flexibility index (Phi) is 4.48. The van der Waals surface area contributed by atoms with Gasteiger partial charge in [0.1, 0.15) is 11.9 Å². The standard InChI is InChI=1S/C12H17NO4/c1-7-3-4-8(5-10(7)17-2)12(16)9(14)6-11(13)15/h3-5,9,12,14,16H,6H2,1-2H3,(H2,13,15). The highest BCUT2D eigenvalue weighted by atomic mass is 16.5. The fourth-order valence-corrected chi connectivity index (χ4v) is 1.56. The highest BCUT2D eigenvalue weighted by Gasteiger charge is 2.21. The number of carbonyl (C=O) groups is 1. The van der Waals surface area contributed by atoms with Gasteiger partial charge in [-0.2, -0.15) is 0 Å². The van der Waals surface area contributed by atoms with Crippen LogP contribution in [0.25, 0.3) is 0 Å². The molecule has 4 N–H and O–H groups in total. The van der Waals surface area contributed by atoms with E-state index in [2.05, 4.69) is 0 Å². The van der Waals surface area contributed by atoms with E-state index in [0.29, 0.717) is 11.3 Å². The van der Waals surface area contributed by atoms with Gasteiger partial charge < -0.3 is 20.7 Å². The molecule has 0 saturated carbocycles. The first kappa shape index (κ1) is 13.5. The molecule has 5 heteroatoms. The number of primary amides is 1. The molecule has 0 fully saturated rings. The van der Waals surface area contributed by atoms with Crippen molar-refractivity contribution in [3.8, 4) is 5.75 Å². The second kappa shape index (κ2) is 5.65. The van der Waals surface area contributed by atoms with E-state index in [9.17, 15) is 15.0 Å². The van der Waals surface area contributed by atoms with Gasteiger partial charge in [-0.15, -0.1) is 0 Å². The summed E-state index contributed by atoms with van der Waals surface area (Å²) in [4.78, 5) is 10.6. The minimum absolute atomic E-state index is 0.280. The predicted molar refractivity (Wildman–Crippen MR) is 62.5 cm³/mol. The Balaban J connectivity index is 2.88. The highest BCUT2D eigenvalue weighted by molar-refractivity contribution is 5.74. The average Bonchev–Trinajstić information content (AvgIpc) is 2.27. The van der Waals surface area contributed by atoms with Crippen molar-refractivity contribution < 1.29 is 19.7 Å². The summed E-state index contributed by atoms with van der Waals surface area (Å²) in [5.74, 6) is -0.0385. The largest absolute Gasteiger partial charge is 0.496 e. The number of aliphatic hydroxyl groups excluding tert-OH is 2. The minimum atomic E-state index is -1.21. The molecule has 1 aromatic carbocycles. The van der Waals surface area contributed by atoms with E-state index in [0.717, 1.165) is 5.56 Å². The van der Waals surface area contributed by atoms with Crippen LogP contribution in [-0.4, -0.2) is 29.3 Å². The van der Waals surface area contributed by atoms with Gasteiger partial charge in [-0.05, 0) is 24.1 Å². The predicted octanol–water partition coefficient (Wildman–Crippen LogP) is 0.273. The minimum Gasteiger partial charge on any atom is -0.496 e. The maximum absolute atomic E-state index is 10.6. The Bertz CT molecular complexity index is 405. The molecule has 0 aliphatic rings. The lowest BCUT2D eigenvalue weighted by Crippen LogP contribution is -2.25. The van der Waals surface area contributed by atoms with Crippen LogP contribution < -0.4 is 10.5 Å². The second-order valence-corrected chi connectivity index (χ2v) is 3.91. The molecule has 0 heterocycles. The molecular formula is C12H17NO4. The number of hydrogen-bond donors (Lipinski definition) is 3. The van der Waals surface area contributed by atoms with Gasteiger partial charge in [-0.3, -0.25) is 4.79 Å². The maximum Gasteiger partial charge on any atom is 0.220 e. The summed E-state index contributed by atoms with van der Waals surface area (Å²) in [6.07, 6.45) is -2.64. The molecule has 1 amide bonds. The number of aryl methyl sites for hydroxylation is 1. The van der Waals surface area contributed by atoms with E-state index in [-0.39, 0.29) is 6.42 Å². The fourth-order valence-electron chi connectivity index (χ4n) is 1.56. The third-order valence-corrected chi connectivity index (χ3v) is 2.55. The molecule has 1 aromatic rings. The van der Waals surface area contributed by atoms with Crippen molar-refractivity contribution in [1.29, 1.82) is 0 Å². The van der Waals surface area contributed by atoms with Gasteiger partial charge >= 0.3 is 0 Å². The Morgan fingerprint density at radius 3 is 2.65 bits per heavy atom. The highest BCUT2D eigenvalue weighted by Crippen LogP contribution is 2.25. The number of carbonyl (C=O) groups excluding carboxylic acids is 1. The average molecular weight is 239 g/mol. The van der Waals surface area contributed by atoms with Crippen molar-refractivity contribution in [1.82, 2.24) is 0 Å². The van der Waals surface area contributed by atoms with Gasteiger partial charge in [0.25, 0.3) is 0 Å². The maximum atomic E-state index is 10.6. The third-order valence-electron chi connectivity index (χ3n) is 2.55. The number of hydrogen-bond acceptors (Lipinski definition) is 4. The van der Waals surface area contributed by atoms with Gasteiger partial charge in [-0.25, -0.2) is 0 Å². The second-order valence-electron chi connectivity index (χ2n) is 3.91. The molecule has 17 heavy (non-hydrogen) atoms. The normalized spacial score (nSPS) is 14.1. The molecule has 94 valence electrons. The number of methoxy groups -OCH3 is 1. The topological polar surface area (TPSA) is 92.8 Å². The van der Waals surface area contributed by atoms with Crippen molar-refractivity contribution in [2.24, 2.45) is 5.73 Å². The van der Waals surface area contributed by atoms with Crippen molar-refractivity contribution in [2.75, 3.05) is 7.11 Å². The third kappa shape index (κ3) is 3.44. The first-order valence-corrected chi connectivity index (χ1v) is 5.24. The Hall–Kier alpha value is -1.59. The van der Waals surface area contributed by atoms with Gasteiger partial charge in [0.2, 0.25) is 5.91 Å². The molecule has 5 nitrogen and oxygen atoms in total. The summed E-state index contributed by atoms with van der Waals surface area (Å²) < 4.78 is 5.11. The smallest absolute Gasteiger partial charge is 0.220 e. The van der Waals surface area contributed by atoms with Crippen LogP contribution in [0.5, 0.6) is 5.75 Å². The van der Waals surface area contributed by atoms with Crippen molar-refractivity contribution in [2.45, 2.75) is 25.6 Å². The van der Waals surface area contributed by atoms with Crippen LogP contribution >= 0.6 is 0 Å². The van der Waals surface area contributed by atoms with E-state index >= 15 is 0 Å². The summed E-state index contributed by atoms with van der Waals surface area (Å²) in [7, 11) is 1.53. The van der Waals surface area contributed by atoms with E-state index in [1.54, 1.807) is 18.2 Å². The van der Waals surface area contributed by atoms with E-state index in [1.807, 2.05) is 6.92 Å². The molecular weight excluding hydrogens is 222 g/mol. The zero-order chi connectivity index (χ0) is 13.0. The number of nitrogens with two attached hydrogens (primary N) is 1. The molecule has 0 spiro atoms. The van der Waals surface area contributed by atoms with Gasteiger partial charge in [-0.1, -0.05) is 12.1 Å². The molecule has 2 atom stereocenters. The summed E-state index contributed by atoms with van der Waals surface area (Å²) in [6.45, 7) is 1.87. The van der Waals surface area contributed by atoms with Crippen LogP contribution in [0, 0.1) is 6.92 Å². The number of aliphatic hydroxyl groups is 2. The number of rotatable bonds is 5. The van der Waals surface area contributed by atoms with Crippen LogP contribution in [0.15, 0.2) is 18.2 Å². The molecule has 0 aliphatic carbocycles. The molecule has 0 aliphatic heterocycles. The van der Waals surface area contributed by atoms with Crippen LogP contribution in [0.3, 0.4) is 0 Å². The summed E-state index contributed by atoms with van der Waals surface area (Å²) in [5, 5.41) is 19.4. The zero-order valence-electron chi connectivity index (χ0n) is 9.88. The Morgan fingerprint density at radius 1 is 1.47 bits per heavy atom. The van der Waals surface area contributed by atoms with Gasteiger partial charge in [0, 0.05) is 0 Å². The SMILES string of the molecule is COc1cc(C(O)C(O)CC(N)=O)ccc1C. The van der Waals surface area contributed by atoms with Gasteiger partial charge in [0.15, 0.2) is 0 Å². The lowest BCUT2D eigenvalue weighted by molar-refractivity contribution is -0.121. The number of amides is 1. The molecule has 0 radical (unpaired) electrons. The van der Waals surface area contributed by atoms with Crippen LogP contribution in [0.1, 0.15) is 23.7 Å². The van der Waals surface area contributed by atoms with E-state index < -0.39 is 18.1 Å². The monoisotopic (exact) mass is 239 g/mol. The lowest BCUT2D eigenvalue weighted by Gasteiger charge is -2.18. The summed E-state index contributed by atoms with van der Waals surface area (Å²) in [6, 6.07) is 5.07. The van der Waals surface area contributed by atoms with Crippen LogP contribution in [0.4, 0.5) is 0 Å². The van der Waals surface area contributed by atoms with E-state index in [4.69, 9.17) is 10.5 Å². The zero-order valence-corrected chi connectivity index (χ0v) is 9.88. The molecule has 2 unspecified atom stereocenters. The van der Waals surface area contributed by atoms with Crippen LogP contribution in [-0.2, 0) is 4.79 Å². The molecule has 1 rings (SSSR count). The van der Waals surface area contributed by atoms with Gasteiger partial charge in [0.05, 0.1) is 19.6 Å².